The summed E-state index contributed by atoms with van der Waals surface area (Å²) >= 11 is 11.7. The molecule has 0 fully saturated rings. The van der Waals surface area contributed by atoms with E-state index >= 15 is 0 Å². The molecule has 0 heterocycles. The summed E-state index contributed by atoms with van der Waals surface area (Å²) in [5.74, 6) is -0.0776. The molecule has 1 rings (SSSR count). The van der Waals surface area contributed by atoms with Gasteiger partial charge in [0.25, 0.3) is 0 Å². The van der Waals surface area contributed by atoms with Gasteiger partial charge in [0.2, 0.25) is 15.9 Å². The van der Waals surface area contributed by atoms with E-state index in [1.165, 1.54) is 25.2 Å². The number of likely N-dealkylation sites (N-methyl/N-ethyl adjacent to an activating group) is 1. The molecular formula is C13H18Cl2N2O3S. The van der Waals surface area contributed by atoms with Crippen molar-refractivity contribution in [1.29, 1.82) is 0 Å². The molecule has 0 aromatic heterocycles. The van der Waals surface area contributed by atoms with Crippen LogP contribution in [0.4, 0.5) is 0 Å². The molecule has 5 nitrogen and oxygen atoms in total. The fourth-order valence-corrected chi connectivity index (χ4v) is 3.36. The first-order valence-electron chi connectivity index (χ1n) is 6.32. The van der Waals surface area contributed by atoms with Crippen LogP contribution < -0.4 is 5.32 Å². The maximum atomic E-state index is 12.4. The lowest BCUT2D eigenvalue weighted by Crippen LogP contribution is -2.39. The van der Waals surface area contributed by atoms with Crippen LogP contribution in [0.5, 0.6) is 0 Å². The number of rotatable bonds is 6. The van der Waals surface area contributed by atoms with E-state index in [-0.39, 0.29) is 27.4 Å². The highest BCUT2D eigenvalue weighted by Gasteiger charge is 2.25. The van der Waals surface area contributed by atoms with Crippen molar-refractivity contribution in [2.75, 3.05) is 20.1 Å². The van der Waals surface area contributed by atoms with E-state index in [2.05, 4.69) is 5.32 Å². The lowest BCUT2D eigenvalue weighted by molar-refractivity contribution is -0.121. The first-order valence-corrected chi connectivity index (χ1v) is 8.52. The van der Waals surface area contributed by atoms with E-state index in [9.17, 15) is 13.2 Å². The quantitative estimate of drug-likeness (QED) is 0.854. The van der Waals surface area contributed by atoms with Gasteiger partial charge in [-0.1, -0.05) is 37.0 Å². The summed E-state index contributed by atoms with van der Waals surface area (Å²) < 4.78 is 25.7. The second-order valence-electron chi connectivity index (χ2n) is 5.03. The van der Waals surface area contributed by atoms with Gasteiger partial charge in [0, 0.05) is 18.6 Å². The SMILES string of the molecule is CC(C)CNC(=O)CN(C)S(=O)(=O)c1cc(Cl)ccc1Cl. The van der Waals surface area contributed by atoms with E-state index in [0.717, 1.165) is 4.31 Å². The van der Waals surface area contributed by atoms with E-state index in [1.54, 1.807) is 0 Å². The van der Waals surface area contributed by atoms with Crippen molar-refractivity contribution >= 4 is 39.1 Å². The van der Waals surface area contributed by atoms with Crippen LogP contribution in [0.3, 0.4) is 0 Å². The number of nitrogens with one attached hydrogen (secondary N) is 1. The molecule has 1 N–H and O–H groups in total. The van der Waals surface area contributed by atoms with Crippen LogP contribution >= 0.6 is 23.2 Å². The lowest BCUT2D eigenvalue weighted by atomic mass is 10.2. The van der Waals surface area contributed by atoms with Crippen molar-refractivity contribution in [1.82, 2.24) is 9.62 Å². The van der Waals surface area contributed by atoms with Crippen LogP contribution in [0.2, 0.25) is 10.0 Å². The van der Waals surface area contributed by atoms with E-state index in [4.69, 9.17) is 23.2 Å². The molecule has 0 atom stereocenters. The summed E-state index contributed by atoms with van der Waals surface area (Å²) in [5, 5.41) is 2.98. The van der Waals surface area contributed by atoms with Crippen molar-refractivity contribution in [3.8, 4) is 0 Å². The van der Waals surface area contributed by atoms with Gasteiger partial charge in [-0.3, -0.25) is 4.79 Å². The predicted octanol–water partition coefficient (Wildman–Crippen LogP) is 2.39. The Morgan fingerprint density at radius 1 is 1.33 bits per heavy atom. The highest BCUT2D eigenvalue weighted by atomic mass is 35.5. The van der Waals surface area contributed by atoms with Gasteiger partial charge in [0.05, 0.1) is 11.6 Å². The fourth-order valence-electron chi connectivity index (χ4n) is 1.50. The zero-order valence-electron chi connectivity index (χ0n) is 12.1. The van der Waals surface area contributed by atoms with Crippen molar-refractivity contribution in [2.45, 2.75) is 18.7 Å². The first-order chi connectivity index (χ1) is 9.64. The second-order valence-corrected chi connectivity index (χ2v) is 7.89. The molecule has 0 unspecified atom stereocenters. The summed E-state index contributed by atoms with van der Waals surface area (Å²) in [6, 6.07) is 4.17. The minimum Gasteiger partial charge on any atom is -0.355 e. The van der Waals surface area contributed by atoms with Gasteiger partial charge >= 0.3 is 0 Å². The van der Waals surface area contributed by atoms with Crippen LogP contribution in [0.15, 0.2) is 23.1 Å². The minimum absolute atomic E-state index is 0.0637. The van der Waals surface area contributed by atoms with Crippen molar-refractivity contribution in [2.24, 2.45) is 5.92 Å². The molecular weight excluding hydrogens is 335 g/mol. The molecule has 21 heavy (non-hydrogen) atoms. The molecule has 118 valence electrons. The maximum absolute atomic E-state index is 12.4. The number of carbonyl (C=O) groups excluding carboxylic acids is 1. The van der Waals surface area contributed by atoms with Crippen LogP contribution in [0, 0.1) is 5.92 Å². The van der Waals surface area contributed by atoms with Gasteiger partial charge in [-0.15, -0.1) is 0 Å². The minimum atomic E-state index is -3.87. The molecule has 1 amide bonds. The Morgan fingerprint density at radius 2 is 1.95 bits per heavy atom. The highest BCUT2D eigenvalue weighted by Crippen LogP contribution is 2.26. The Morgan fingerprint density at radius 3 is 2.52 bits per heavy atom. The normalized spacial score (nSPS) is 12.0. The zero-order valence-corrected chi connectivity index (χ0v) is 14.4. The van der Waals surface area contributed by atoms with Crippen LogP contribution in [0.1, 0.15) is 13.8 Å². The predicted molar refractivity (Wildman–Crippen MR) is 84.1 cm³/mol. The number of amides is 1. The van der Waals surface area contributed by atoms with Gasteiger partial charge in [0.15, 0.2) is 0 Å². The zero-order chi connectivity index (χ0) is 16.2. The molecule has 0 bridgehead atoms. The molecule has 0 radical (unpaired) electrons. The van der Waals surface area contributed by atoms with Gasteiger partial charge in [-0.25, -0.2) is 8.42 Å². The number of nitrogens with zero attached hydrogens (tertiary/aromatic N) is 1. The number of halogens is 2. The van der Waals surface area contributed by atoms with Crippen LogP contribution in [0.25, 0.3) is 0 Å². The van der Waals surface area contributed by atoms with Crippen LogP contribution in [-0.4, -0.2) is 38.8 Å². The van der Waals surface area contributed by atoms with Crippen molar-refractivity contribution < 1.29 is 13.2 Å². The Balaban J connectivity index is 2.87. The van der Waals surface area contributed by atoms with Gasteiger partial charge in [0.1, 0.15) is 4.90 Å². The Labute approximate surface area is 135 Å². The maximum Gasteiger partial charge on any atom is 0.244 e. The van der Waals surface area contributed by atoms with Crippen LogP contribution in [-0.2, 0) is 14.8 Å². The number of hydrogen-bond donors (Lipinski definition) is 1. The molecule has 0 spiro atoms. The third-order valence-electron chi connectivity index (χ3n) is 2.66. The second kappa shape index (κ2) is 7.45. The summed E-state index contributed by atoms with van der Waals surface area (Å²) in [5.41, 5.74) is 0. The van der Waals surface area contributed by atoms with Gasteiger partial charge in [-0.05, 0) is 24.1 Å². The average Bonchev–Trinajstić information content (AvgIpc) is 2.39. The monoisotopic (exact) mass is 352 g/mol. The molecule has 1 aromatic carbocycles. The summed E-state index contributed by atoms with van der Waals surface area (Å²) in [7, 11) is -2.55. The topological polar surface area (TPSA) is 66.5 Å². The van der Waals surface area contributed by atoms with E-state index < -0.39 is 10.0 Å². The standard InChI is InChI=1S/C13H18Cl2N2O3S/c1-9(2)7-16-13(18)8-17(3)21(19,20)12-6-10(14)4-5-11(12)15/h4-6,9H,7-8H2,1-3H3,(H,16,18). The van der Waals surface area contributed by atoms with Gasteiger partial charge in [-0.2, -0.15) is 4.31 Å². The number of hydrogen-bond acceptors (Lipinski definition) is 3. The molecule has 0 aliphatic heterocycles. The molecule has 0 saturated heterocycles. The third kappa shape index (κ3) is 5.14. The van der Waals surface area contributed by atoms with E-state index in [0.29, 0.717) is 12.5 Å². The number of carbonyl (C=O) groups is 1. The molecule has 0 aliphatic carbocycles. The van der Waals surface area contributed by atoms with Crippen molar-refractivity contribution in [3.05, 3.63) is 28.2 Å². The lowest BCUT2D eigenvalue weighted by Gasteiger charge is -2.18. The molecule has 8 heteroatoms. The number of sulfonamides is 1. The Hall–Kier alpha value is -0.820. The largest absolute Gasteiger partial charge is 0.355 e. The smallest absolute Gasteiger partial charge is 0.244 e. The van der Waals surface area contributed by atoms with Gasteiger partial charge < -0.3 is 5.32 Å². The Bertz CT molecular complexity index is 618. The highest BCUT2D eigenvalue weighted by molar-refractivity contribution is 7.89. The summed E-state index contributed by atoms with van der Waals surface area (Å²) in [6.45, 7) is 4.11. The first kappa shape index (κ1) is 18.2. The molecule has 0 aliphatic rings. The number of benzene rings is 1. The summed E-state index contributed by atoms with van der Waals surface area (Å²) in [4.78, 5) is 11.6. The third-order valence-corrected chi connectivity index (χ3v) is 5.18. The van der Waals surface area contributed by atoms with Crippen molar-refractivity contribution in [3.63, 3.8) is 0 Å². The summed E-state index contributed by atoms with van der Waals surface area (Å²) in [6.07, 6.45) is 0. The molecule has 0 saturated carbocycles. The fraction of sp³-hybridized carbons (Fsp3) is 0.462. The Kier molecular flexibility index (Phi) is 6.46. The average molecular weight is 353 g/mol. The molecule has 1 aromatic rings. The van der Waals surface area contributed by atoms with E-state index in [1.807, 2.05) is 13.8 Å².